The van der Waals surface area contributed by atoms with E-state index in [1.165, 1.54) is 6.42 Å². The van der Waals surface area contributed by atoms with Gasteiger partial charge in [-0.05, 0) is 19.9 Å². The van der Waals surface area contributed by atoms with Crippen LogP contribution in [-0.4, -0.2) is 50.4 Å². The van der Waals surface area contributed by atoms with Crippen LogP contribution in [0.15, 0.2) is 6.07 Å². The highest BCUT2D eigenvalue weighted by Gasteiger charge is 2.21. The summed E-state index contributed by atoms with van der Waals surface area (Å²) in [6.45, 7) is 1.88. The van der Waals surface area contributed by atoms with E-state index < -0.39 is 0 Å². The van der Waals surface area contributed by atoms with Crippen molar-refractivity contribution >= 4 is 5.95 Å². The number of anilines is 1. The molecule has 1 aliphatic heterocycles. The molecule has 0 bridgehead atoms. The van der Waals surface area contributed by atoms with E-state index in [0.717, 1.165) is 19.5 Å². The van der Waals surface area contributed by atoms with Crippen molar-refractivity contribution in [3.05, 3.63) is 6.07 Å². The second-order valence-electron chi connectivity index (χ2n) is 4.33. The van der Waals surface area contributed by atoms with Crippen LogP contribution in [0.2, 0.25) is 0 Å². The number of piperidine rings is 1. The van der Waals surface area contributed by atoms with Crippen molar-refractivity contribution in [2.45, 2.75) is 18.9 Å². The summed E-state index contributed by atoms with van der Waals surface area (Å²) in [6, 6.07) is 2.17. The molecule has 1 atom stereocenters. The van der Waals surface area contributed by atoms with Gasteiger partial charge in [-0.2, -0.15) is 9.97 Å². The zero-order valence-electron chi connectivity index (χ0n) is 11.1. The smallest absolute Gasteiger partial charge is 0.232 e. The summed E-state index contributed by atoms with van der Waals surface area (Å²) in [5.41, 5.74) is 0. The molecule has 1 aliphatic rings. The zero-order chi connectivity index (χ0) is 13.0. The van der Waals surface area contributed by atoms with Gasteiger partial charge in [0.15, 0.2) is 0 Å². The van der Waals surface area contributed by atoms with Gasteiger partial charge in [0.05, 0.1) is 20.3 Å². The largest absolute Gasteiger partial charge is 0.481 e. The van der Waals surface area contributed by atoms with E-state index in [1.54, 1.807) is 20.3 Å². The molecule has 0 saturated carbocycles. The monoisotopic (exact) mass is 252 g/mol. The molecule has 0 amide bonds. The third-order valence-electron chi connectivity index (χ3n) is 3.20. The van der Waals surface area contributed by atoms with Crippen LogP contribution in [0.5, 0.6) is 11.8 Å². The molecule has 1 fully saturated rings. The number of methoxy groups -OCH3 is 2. The molecular formula is C12H20N4O2. The van der Waals surface area contributed by atoms with Crippen molar-refractivity contribution in [1.29, 1.82) is 0 Å². The van der Waals surface area contributed by atoms with Gasteiger partial charge in [0, 0.05) is 19.1 Å². The minimum Gasteiger partial charge on any atom is -0.481 e. The van der Waals surface area contributed by atoms with Crippen LogP contribution < -0.4 is 19.7 Å². The molecule has 2 rings (SSSR count). The number of rotatable bonds is 4. The highest BCUT2D eigenvalue weighted by atomic mass is 16.5. The summed E-state index contributed by atoms with van der Waals surface area (Å²) in [7, 11) is 5.18. The fourth-order valence-corrected chi connectivity index (χ4v) is 2.14. The van der Waals surface area contributed by atoms with Crippen LogP contribution >= 0.6 is 0 Å². The normalized spacial score (nSPS) is 19.7. The lowest BCUT2D eigenvalue weighted by atomic mass is 10.1. The molecule has 18 heavy (non-hydrogen) atoms. The number of nitrogens with one attached hydrogen (secondary N) is 1. The SMILES string of the molecule is CNC1CCCN(c2nc(OC)cc(OC)n2)C1. The highest BCUT2D eigenvalue weighted by Crippen LogP contribution is 2.22. The summed E-state index contributed by atoms with van der Waals surface area (Å²) >= 11 is 0. The van der Waals surface area contributed by atoms with Crippen molar-refractivity contribution in [1.82, 2.24) is 15.3 Å². The maximum absolute atomic E-state index is 5.17. The summed E-state index contributed by atoms with van der Waals surface area (Å²) in [5.74, 6) is 1.73. The molecule has 0 spiro atoms. The van der Waals surface area contributed by atoms with Crippen LogP contribution in [0.1, 0.15) is 12.8 Å². The topological polar surface area (TPSA) is 59.5 Å². The number of aromatic nitrogens is 2. The van der Waals surface area contributed by atoms with E-state index in [0.29, 0.717) is 23.8 Å². The van der Waals surface area contributed by atoms with E-state index in [2.05, 4.69) is 20.2 Å². The third kappa shape index (κ3) is 2.81. The van der Waals surface area contributed by atoms with Gasteiger partial charge in [0.1, 0.15) is 0 Å². The first-order chi connectivity index (χ1) is 8.76. The molecule has 6 nitrogen and oxygen atoms in total. The number of ether oxygens (including phenoxy) is 2. The number of hydrogen-bond donors (Lipinski definition) is 1. The van der Waals surface area contributed by atoms with E-state index in [1.807, 2.05) is 7.05 Å². The molecule has 2 heterocycles. The fourth-order valence-electron chi connectivity index (χ4n) is 2.14. The summed E-state index contributed by atoms with van der Waals surface area (Å²) in [6.07, 6.45) is 2.32. The maximum atomic E-state index is 5.17. The number of hydrogen-bond acceptors (Lipinski definition) is 6. The molecule has 100 valence electrons. The first-order valence-corrected chi connectivity index (χ1v) is 6.16. The number of nitrogens with zero attached hydrogens (tertiary/aromatic N) is 3. The Labute approximate surface area is 107 Å². The summed E-state index contributed by atoms with van der Waals surface area (Å²) < 4.78 is 10.3. The van der Waals surface area contributed by atoms with E-state index >= 15 is 0 Å². The predicted molar refractivity (Wildman–Crippen MR) is 69.4 cm³/mol. The quantitative estimate of drug-likeness (QED) is 0.850. The van der Waals surface area contributed by atoms with Crippen molar-refractivity contribution < 1.29 is 9.47 Å². The minimum absolute atomic E-state index is 0.486. The van der Waals surface area contributed by atoms with Crippen LogP contribution in [-0.2, 0) is 0 Å². The zero-order valence-corrected chi connectivity index (χ0v) is 11.1. The minimum atomic E-state index is 0.486. The van der Waals surface area contributed by atoms with Gasteiger partial charge in [-0.25, -0.2) is 0 Å². The van der Waals surface area contributed by atoms with Crippen molar-refractivity contribution in [3.63, 3.8) is 0 Å². The Bertz CT molecular complexity index is 377. The van der Waals surface area contributed by atoms with Gasteiger partial charge < -0.3 is 19.7 Å². The van der Waals surface area contributed by atoms with Gasteiger partial charge in [-0.3, -0.25) is 0 Å². The van der Waals surface area contributed by atoms with Gasteiger partial charge in [0.2, 0.25) is 17.7 Å². The van der Waals surface area contributed by atoms with Gasteiger partial charge >= 0.3 is 0 Å². The van der Waals surface area contributed by atoms with Gasteiger partial charge in [0.25, 0.3) is 0 Å². The van der Waals surface area contributed by atoms with Crippen molar-refractivity contribution in [2.24, 2.45) is 0 Å². The third-order valence-corrected chi connectivity index (χ3v) is 3.20. The molecule has 0 aliphatic carbocycles. The summed E-state index contributed by atoms with van der Waals surface area (Å²) in [5, 5.41) is 3.30. The second-order valence-corrected chi connectivity index (χ2v) is 4.33. The average Bonchev–Trinajstić information content (AvgIpc) is 2.46. The molecule has 1 saturated heterocycles. The Hall–Kier alpha value is -1.56. The Kier molecular flexibility index (Phi) is 4.19. The molecular weight excluding hydrogens is 232 g/mol. The molecule has 6 heteroatoms. The lowest BCUT2D eigenvalue weighted by Gasteiger charge is -2.32. The first-order valence-electron chi connectivity index (χ1n) is 6.16. The molecule has 0 aromatic carbocycles. The maximum Gasteiger partial charge on any atom is 0.232 e. The first kappa shape index (κ1) is 12.9. The Morgan fingerprint density at radius 1 is 1.28 bits per heavy atom. The van der Waals surface area contributed by atoms with Crippen molar-refractivity contribution in [3.8, 4) is 11.8 Å². The second kappa shape index (κ2) is 5.86. The molecule has 1 N–H and O–H groups in total. The lowest BCUT2D eigenvalue weighted by molar-refractivity contribution is 0.369. The standard InChI is InChI=1S/C12H20N4O2/c1-13-9-5-4-6-16(8-9)12-14-10(17-2)7-11(15-12)18-3/h7,9,13H,4-6,8H2,1-3H3. The molecule has 1 unspecified atom stereocenters. The Morgan fingerprint density at radius 2 is 1.94 bits per heavy atom. The van der Waals surface area contributed by atoms with Gasteiger partial charge in [-0.1, -0.05) is 0 Å². The molecule has 0 radical (unpaired) electrons. The van der Waals surface area contributed by atoms with Crippen LogP contribution in [0.4, 0.5) is 5.95 Å². The van der Waals surface area contributed by atoms with E-state index in [9.17, 15) is 0 Å². The average molecular weight is 252 g/mol. The Balaban J connectivity index is 2.20. The van der Waals surface area contributed by atoms with Crippen LogP contribution in [0.3, 0.4) is 0 Å². The molecule has 1 aromatic rings. The highest BCUT2D eigenvalue weighted by molar-refractivity contribution is 5.37. The lowest BCUT2D eigenvalue weighted by Crippen LogP contribution is -2.45. The van der Waals surface area contributed by atoms with E-state index in [4.69, 9.17) is 9.47 Å². The van der Waals surface area contributed by atoms with E-state index in [-0.39, 0.29) is 0 Å². The predicted octanol–water partition coefficient (Wildman–Crippen LogP) is 0.682. The van der Waals surface area contributed by atoms with Crippen molar-refractivity contribution in [2.75, 3.05) is 39.3 Å². The fraction of sp³-hybridized carbons (Fsp3) is 0.667. The Morgan fingerprint density at radius 3 is 2.50 bits per heavy atom. The number of likely N-dealkylation sites (N-methyl/N-ethyl adjacent to an activating group) is 1. The van der Waals surface area contributed by atoms with Crippen LogP contribution in [0.25, 0.3) is 0 Å². The molecule has 1 aromatic heterocycles. The van der Waals surface area contributed by atoms with Gasteiger partial charge in [-0.15, -0.1) is 0 Å². The van der Waals surface area contributed by atoms with Crippen LogP contribution in [0, 0.1) is 0 Å². The summed E-state index contributed by atoms with van der Waals surface area (Å²) in [4.78, 5) is 10.9.